The molecule has 0 bridgehead atoms. The summed E-state index contributed by atoms with van der Waals surface area (Å²) in [6, 6.07) is -0.821. The van der Waals surface area contributed by atoms with E-state index in [-0.39, 0.29) is 12.3 Å². The monoisotopic (exact) mass is 142 g/mol. The second-order valence-electron chi connectivity index (χ2n) is 1.90. The third kappa shape index (κ3) is 4.76. The van der Waals surface area contributed by atoms with Crippen molar-refractivity contribution < 1.29 is 4.79 Å². The summed E-state index contributed by atoms with van der Waals surface area (Å²) < 4.78 is 0. The minimum atomic E-state index is -0.821. The number of amidine groups is 1. The first kappa shape index (κ1) is 8.61. The molecule has 0 spiro atoms. The lowest BCUT2D eigenvalue weighted by Gasteiger charge is -1.94. The number of hydrogen-bond donors (Lipinski definition) is 3. The molecule has 0 aliphatic heterocycles. The number of nitrogens with one attached hydrogen (secondary N) is 1. The van der Waals surface area contributed by atoms with Crippen molar-refractivity contribution in [3.8, 4) is 0 Å². The number of nitrogens with zero attached hydrogens (tertiary/aromatic N) is 1. The minimum absolute atomic E-state index is 0.0833. The molecule has 5 nitrogen and oxygen atoms in total. The summed E-state index contributed by atoms with van der Waals surface area (Å²) in [4.78, 5) is 13.3. The molecule has 0 aliphatic carbocycles. The standard InChI is InChI=1S/C5H10N4O/c1-3(6)2-4(7)9-5(8)10/h6H,2H2,1H3,(H4,7,8,9,10). The summed E-state index contributed by atoms with van der Waals surface area (Å²) in [5.74, 6) is 0.0833. The van der Waals surface area contributed by atoms with Gasteiger partial charge in [0.1, 0.15) is 5.84 Å². The summed E-state index contributed by atoms with van der Waals surface area (Å²) in [5, 5.41) is 6.96. The molecule has 0 unspecified atom stereocenters. The Morgan fingerprint density at radius 2 is 2.10 bits per heavy atom. The maximum atomic E-state index is 10.1. The maximum absolute atomic E-state index is 10.1. The fourth-order valence-corrected chi connectivity index (χ4v) is 0.453. The van der Waals surface area contributed by atoms with Crippen LogP contribution in [0.5, 0.6) is 0 Å². The number of urea groups is 1. The van der Waals surface area contributed by atoms with Crippen LogP contribution in [0.3, 0.4) is 0 Å². The predicted molar refractivity (Wildman–Crippen MR) is 39.2 cm³/mol. The summed E-state index contributed by atoms with van der Waals surface area (Å²) in [6.07, 6.45) is 0.197. The van der Waals surface area contributed by atoms with Gasteiger partial charge in [-0.3, -0.25) is 0 Å². The van der Waals surface area contributed by atoms with Gasteiger partial charge in [-0.25, -0.2) is 4.79 Å². The Labute approximate surface area is 58.6 Å². The first-order chi connectivity index (χ1) is 4.52. The molecule has 5 heteroatoms. The van der Waals surface area contributed by atoms with Crippen molar-refractivity contribution in [1.29, 1.82) is 5.41 Å². The lowest BCUT2D eigenvalue weighted by Crippen LogP contribution is -2.19. The average Bonchev–Trinajstić information content (AvgIpc) is 1.58. The van der Waals surface area contributed by atoms with Crippen LogP contribution in [0.25, 0.3) is 0 Å². The van der Waals surface area contributed by atoms with E-state index < -0.39 is 6.03 Å². The van der Waals surface area contributed by atoms with Crippen molar-refractivity contribution in [3.05, 3.63) is 0 Å². The van der Waals surface area contributed by atoms with Crippen LogP contribution in [-0.4, -0.2) is 17.6 Å². The second-order valence-corrected chi connectivity index (χ2v) is 1.90. The van der Waals surface area contributed by atoms with Gasteiger partial charge in [-0.2, -0.15) is 4.99 Å². The molecule has 5 N–H and O–H groups in total. The van der Waals surface area contributed by atoms with Crippen LogP contribution >= 0.6 is 0 Å². The van der Waals surface area contributed by atoms with E-state index in [0.29, 0.717) is 5.71 Å². The van der Waals surface area contributed by atoms with Crippen LogP contribution in [0.1, 0.15) is 13.3 Å². The zero-order chi connectivity index (χ0) is 8.15. The molecule has 2 amide bonds. The van der Waals surface area contributed by atoms with Gasteiger partial charge in [-0.1, -0.05) is 0 Å². The molecule has 10 heavy (non-hydrogen) atoms. The molecule has 0 saturated carbocycles. The van der Waals surface area contributed by atoms with E-state index in [9.17, 15) is 4.79 Å². The second kappa shape index (κ2) is 3.60. The Balaban J connectivity index is 3.95. The molecular formula is C5H10N4O. The van der Waals surface area contributed by atoms with E-state index in [1.54, 1.807) is 6.92 Å². The SMILES string of the molecule is CC(=N)C/C(N)=N/C(N)=O. The highest BCUT2D eigenvalue weighted by Crippen LogP contribution is 1.82. The van der Waals surface area contributed by atoms with E-state index in [1.807, 2.05) is 0 Å². The molecule has 0 aromatic carbocycles. The molecular weight excluding hydrogens is 132 g/mol. The lowest BCUT2D eigenvalue weighted by molar-refractivity contribution is 0.256. The van der Waals surface area contributed by atoms with Crippen LogP contribution in [0, 0.1) is 5.41 Å². The van der Waals surface area contributed by atoms with Gasteiger partial charge in [0.2, 0.25) is 0 Å². The number of hydrogen-bond acceptors (Lipinski definition) is 2. The molecule has 0 atom stereocenters. The Morgan fingerprint density at radius 1 is 1.60 bits per heavy atom. The highest BCUT2D eigenvalue weighted by atomic mass is 16.2. The van der Waals surface area contributed by atoms with Crippen molar-refractivity contribution in [2.45, 2.75) is 13.3 Å². The summed E-state index contributed by atoms with van der Waals surface area (Å²) in [6.45, 7) is 1.57. The van der Waals surface area contributed by atoms with Crippen LogP contribution < -0.4 is 11.5 Å². The molecule has 0 heterocycles. The molecule has 0 saturated heterocycles. The first-order valence-electron chi connectivity index (χ1n) is 2.69. The molecule has 0 aromatic rings. The van der Waals surface area contributed by atoms with Crippen molar-refractivity contribution >= 4 is 17.6 Å². The van der Waals surface area contributed by atoms with Gasteiger partial charge in [0.05, 0.1) is 0 Å². The van der Waals surface area contributed by atoms with Gasteiger partial charge in [-0.05, 0) is 6.92 Å². The number of rotatable bonds is 2. The van der Waals surface area contributed by atoms with Gasteiger partial charge in [0.15, 0.2) is 0 Å². The number of carbonyl (C=O) groups is 1. The lowest BCUT2D eigenvalue weighted by atomic mass is 10.3. The quantitative estimate of drug-likeness (QED) is 0.368. The van der Waals surface area contributed by atoms with Crippen LogP contribution in [0.4, 0.5) is 4.79 Å². The van der Waals surface area contributed by atoms with Crippen molar-refractivity contribution in [2.75, 3.05) is 0 Å². The van der Waals surface area contributed by atoms with Crippen molar-refractivity contribution in [2.24, 2.45) is 16.5 Å². The first-order valence-corrected chi connectivity index (χ1v) is 2.69. The summed E-state index contributed by atoms with van der Waals surface area (Å²) in [7, 11) is 0. The number of carbonyl (C=O) groups excluding carboxylic acids is 1. The smallest absolute Gasteiger partial charge is 0.339 e. The molecule has 56 valence electrons. The number of nitrogens with two attached hydrogens (primary N) is 2. The molecule has 0 radical (unpaired) electrons. The summed E-state index contributed by atoms with van der Waals surface area (Å²) in [5.41, 5.74) is 10.2. The Morgan fingerprint density at radius 3 is 2.40 bits per heavy atom. The van der Waals surface area contributed by atoms with E-state index in [1.165, 1.54) is 0 Å². The molecule has 0 aliphatic rings. The third-order valence-electron chi connectivity index (χ3n) is 0.700. The average molecular weight is 142 g/mol. The largest absolute Gasteiger partial charge is 0.387 e. The zero-order valence-electron chi connectivity index (χ0n) is 5.72. The van der Waals surface area contributed by atoms with Crippen LogP contribution in [0.15, 0.2) is 4.99 Å². The fraction of sp³-hybridized carbons (Fsp3) is 0.400. The third-order valence-corrected chi connectivity index (χ3v) is 0.700. The molecule has 0 aromatic heterocycles. The van der Waals surface area contributed by atoms with E-state index in [4.69, 9.17) is 16.9 Å². The van der Waals surface area contributed by atoms with Gasteiger partial charge < -0.3 is 16.9 Å². The summed E-state index contributed by atoms with van der Waals surface area (Å²) >= 11 is 0. The highest BCUT2D eigenvalue weighted by Gasteiger charge is 1.95. The van der Waals surface area contributed by atoms with Crippen molar-refractivity contribution in [1.82, 2.24) is 0 Å². The van der Waals surface area contributed by atoms with Crippen molar-refractivity contribution in [3.63, 3.8) is 0 Å². The van der Waals surface area contributed by atoms with Crippen LogP contribution in [-0.2, 0) is 0 Å². The predicted octanol–water partition coefficient (Wildman–Crippen LogP) is -0.148. The Hall–Kier alpha value is -1.39. The normalized spacial score (nSPS) is 11.1. The topological polar surface area (TPSA) is 105 Å². The van der Waals surface area contributed by atoms with Gasteiger partial charge in [-0.15, -0.1) is 0 Å². The number of primary amides is 1. The van der Waals surface area contributed by atoms with Gasteiger partial charge in [0, 0.05) is 12.1 Å². The van der Waals surface area contributed by atoms with Gasteiger partial charge >= 0.3 is 6.03 Å². The van der Waals surface area contributed by atoms with E-state index >= 15 is 0 Å². The number of amides is 2. The van der Waals surface area contributed by atoms with Crippen LogP contribution in [0.2, 0.25) is 0 Å². The molecule has 0 fully saturated rings. The zero-order valence-corrected chi connectivity index (χ0v) is 5.72. The Kier molecular flexibility index (Phi) is 3.10. The molecule has 0 rings (SSSR count). The number of aliphatic imine (C=N–C) groups is 1. The van der Waals surface area contributed by atoms with E-state index in [0.717, 1.165) is 0 Å². The minimum Gasteiger partial charge on any atom is -0.387 e. The Bertz CT molecular complexity index is 184. The van der Waals surface area contributed by atoms with E-state index in [2.05, 4.69) is 4.99 Å². The maximum Gasteiger partial charge on any atom is 0.339 e. The highest BCUT2D eigenvalue weighted by molar-refractivity contribution is 6.03. The fourth-order valence-electron chi connectivity index (χ4n) is 0.453. The van der Waals surface area contributed by atoms with Gasteiger partial charge in [0.25, 0.3) is 0 Å².